The molecule has 0 aliphatic heterocycles. The van der Waals surface area contributed by atoms with Crippen LogP contribution >= 0.6 is 0 Å². The van der Waals surface area contributed by atoms with E-state index in [0.717, 1.165) is 19.3 Å². The maximum atomic E-state index is 14.7. The van der Waals surface area contributed by atoms with Gasteiger partial charge in [-0.1, -0.05) is 76.5 Å². The SMILES string of the molecule is C/C=C/CCc1cc2ccc(OCCCCCCCCCCC)c(F)c2c(=O)o1. The summed E-state index contributed by atoms with van der Waals surface area (Å²) in [4.78, 5) is 12.3. The predicted octanol–water partition coefficient (Wildman–Crippen LogP) is 7.35. The summed E-state index contributed by atoms with van der Waals surface area (Å²) < 4.78 is 25.6. The summed E-state index contributed by atoms with van der Waals surface area (Å²) in [5.74, 6) is 0.0848. The number of ether oxygens (including phenoxy) is 1. The van der Waals surface area contributed by atoms with Gasteiger partial charge in [0.15, 0.2) is 11.6 Å². The van der Waals surface area contributed by atoms with Crippen molar-refractivity contribution in [2.45, 2.75) is 84.5 Å². The molecule has 0 saturated heterocycles. The van der Waals surface area contributed by atoms with Crippen LogP contribution in [0.5, 0.6) is 5.75 Å². The highest BCUT2D eigenvalue weighted by Crippen LogP contribution is 2.25. The van der Waals surface area contributed by atoms with Gasteiger partial charge in [0.05, 0.1) is 6.61 Å². The maximum Gasteiger partial charge on any atom is 0.346 e. The third-order valence-corrected chi connectivity index (χ3v) is 5.18. The van der Waals surface area contributed by atoms with Crippen molar-refractivity contribution in [1.82, 2.24) is 0 Å². The number of halogens is 1. The molecule has 4 heteroatoms. The van der Waals surface area contributed by atoms with E-state index in [1.54, 1.807) is 18.2 Å². The number of unbranched alkanes of at least 4 members (excludes halogenated alkanes) is 8. The Bertz CT molecular complexity index is 823. The molecule has 160 valence electrons. The van der Waals surface area contributed by atoms with E-state index < -0.39 is 11.4 Å². The summed E-state index contributed by atoms with van der Waals surface area (Å²) in [5, 5.41) is 0.536. The van der Waals surface area contributed by atoms with Crippen LogP contribution in [0, 0.1) is 5.82 Å². The molecule has 0 atom stereocenters. The van der Waals surface area contributed by atoms with Crippen LogP contribution in [0.2, 0.25) is 0 Å². The first kappa shape index (κ1) is 23.2. The molecule has 0 aliphatic carbocycles. The van der Waals surface area contributed by atoms with Crippen LogP contribution in [0.4, 0.5) is 4.39 Å². The lowest BCUT2D eigenvalue weighted by atomic mass is 10.1. The van der Waals surface area contributed by atoms with Gasteiger partial charge < -0.3 is 9.15 Å². The van der Waals surface area contributed by atoms with E-state index in [1.807, 2.05) is 19.1 Å². The minimum absolute atomic E-state index is 0.0237. The molecule has 0 spiro atoms. The van der Waals surface area contributed by atoms with Gasteiger partial charge in [-0.25, -0.2) is 9.18 Å². The first-order valence-corrected chi connectivity index (χ1v) is 11.2. The standard InChI is InChI=1S/C25H35FO3/c1-3-5-7-8-9-10-11-12-14-18-28-22-17-16-20-19-21(15-13-6-4-2)29-25(27)23(20)24(22)26/h4,6,16-17,19H,3,5,7-15,18H2,1-2H3/b6-4+. The summed E-state index contributed by atoms with van der Waals surface area (Å²) >= 11 is 0. The summed E-state index contributed by atoms with van der Waals surface area (Å²) in [5.41, 5.74) is -0.635. The fourth-order valence-electron chi connectivity index (χ4n) is 3.49. The molecule has 0 fully saturated rings. The van der Waals surface area contributed by atoms with Crippen molar-refractivity contribution < 1.29 is 13.5 Å². The molecule has 0 radical (unpaired) electrons. The van der Waals surface area contributed by atoms with E-state index in [0.29, 0.717) is 24.2 Å². The Labute approximate surface area is 174 Å². The molecule has 0 N–H and O–H groups in total. The summed E-state index contributed by atoms with van der Waals surface area (Å²) in [6.45, 7) is 4.64. The first-order chi connectivity index (χ1) is 14.2. The Balaban J connectivity index is 1.82. The number of hydrogen-bond acceptors (Lipinski definition) is 3. The van der Waals surface area contributed by atoms with E-state index in [4.69, 9.17) is 9.15 Å². The van der Waals surface area contributed by atoms with Gasteiger partial charge in [0, 0.05) is 6.42 Å². The lowest BCUT2D eigenvalue weighted by Crippen LogP contribution is -2.07. The Morgan fingerprint density at radius 1 is 1.03 bits per heavy atom. The third kappa shape index (κ3) is 7.68. The largest absolute Gasteiger partial charge is 0.490 e. The van der Waals surface area contributed by atoms with Crippen molar-refractivity contribution in [3.8, 4) is 5.75 Å². The van der Waals surface area contributed by atoms with Gasteiger partial charge in [0.2, 0.25) is 0 Å². The second-order valence-corrected chi connectivity index (χ2v) is 7.63. The topological polar surface area (TPSA) is 39.4 Å². The zero-order valence-electron chi connectivity index (χ0n) is 18.0. The fraction of sp³-hybridized carbons (Fsp3) is 0.560. The van der Waals surface area contributed by atoms with Crippen molar-refractivity contribution >= 4 is 10.8 Å². The molecule has 0 saturated carbocycles. The molecule has 29 heavy (non-hydrogen) atoms. The van der Waals surface area contributed by atoms with Gasteiger partial charge in [0.25, 0.3) is 0 Å². The van der Waals surface area contributed by atoms with Gasteiger partial charge in [-0.05, 0) is 37.3 Å². The van der Waals surface area contributed by atoms with E-state index in [1.165, 1.54) is 44.9 Å². The van der Waals surface area contributed by atoms with Crippen LogP contribution in [-0.4, -0.2) is 6.61 Å². The van der Waals surface area contributed by atoms with Crippen LogP contribution < -0.4 is 10.4 Å². The van der Waals surface area contributed by atoms with Crippen LogP contribution in [-0.2, 0) is 6.42 Å². The molecule has 0 bridgehead atoms. The van der Waals surface area contributed by atoms with Crippen molar-refractivity contribution in [3.63, 3.8) is 0 Å². The highest BCUT2D eigenvalue weighted by Gasteiger charge is 2.14. The second-order valence-electron chi connectivity index (χ2n) is 7.63. The van der Waals surface area contributed by atoms with Gasteiger partial charge in [-0.2, -0.15) is 0 Å². The van der Waals surface area contributed by atoms with E-state index in [2.05, 4.69) is 6.92 Å². The van der Waals surface area contributed by atoms with E-state index >= 15 is 0 Å². The predicted molar refractivity (Wildman–Crippen MR) is 118 cm³/mol. The molecule has 1 aromatic heterocycles. The fourth-order valence-corrected chi connectivity index (χ4v) is 3.49. The molecule has 1 heterocycles. The molecule has 1 aromatic carbocycles. The van der Waals surface area contributed by atoms with Crippen LogP contribution in [0.15, 0.2) is 39.6 Å². The van der Waals surface area contributed by atoms with Gasteiger partial charge in [-0.15, -0.1) is 0 Å². The Hall–Kier alpha value is -2.10. The summed E-state index contributed by atoms with van der Waals surface area (Å²) in [7, 11) is 0. The number of allylic oxidation sites excluding steroid dienone is 2. The quantitative estimate of drug-likeness (QED) is 0.245. The number of fused-ring (bicyclic) bond motifs is 1. The van der Waals surface area contributed by atoms with E-state index in [9.17, 15) is 9.18 Å². The minimum atomic E-state index is -0.635. The van der Waals surface area contributed by atoms with Gasteiger partial charge in [-0.3, -0.25) is 0 Å². The average molecular weight is 403 g/mol. The molecular weight excluding hydrogens is 367 g/mol. The smallest absolute Gasteiger partial charge is 0.346 e. The number of benzene rings is 1. The lowest BCUT2D eigenvalue weighted by Gasteiger charge is -2.09. The Morgan fingerprint density at radius 3 is 2.41 bits per heavy atom. The van der Waals surface area contributed by atoms with Gasteiger partial charge >= 0.3 is 5.63 Å². The zero-order valence-corrected chi connectivity index (χ0v) is 18.0. The third-order valence-electron chi connectivity index (χ3n) is 5.18. The molecule has 3 nitrogen and oxygen atoms in total. The number of hydrogen-bond donors (Lipinski definition) is 0. The maximum absolute atomic E-state index is 14.7. The second kappa shape index (κ2) is 13.2. The van der Waals surface area contributed by atoms with Crippen LogP contribution in [0.1, 0.15) is 83.8 Å². The highest BCUT2D eigenvalue weighted by molar-refractivity contribution is 5.83. The molecule has 0 amide bonds. The van der Waals surface area contributed by atoms with Gasteiger partial charge in [0.1, 0.15) is 11.1 Å². The van der Waals surface area contributed by atoms with Crippen LogP contribution in [0.3, 0.4) is 0 Å². The van der Waals surface area contributed by atoms with Crippen molar-refractivity contribution in [2.75, 3.05) is 6.61 Å². The molecule has 0 unspecified atom stereocenters. The van der Waals surface area contributed by atoms with Crippen molar-refractivity contribution in [2.24, 2.45) is 0 Å². The average Bonchev–Trinajstić information content (AvgIpc) is 2.71. The molecular formula is C25H35FO3. The normalized spacial score (nSPS) is 11.6. The van der Waals surface area contributed by atoms with Crippen molar-refractivity contribution in [3.05, 3.63) is 52.3 Å². The Kier molecular flexibility index (Phi) is 10.5. The minimum Gasteiger partial charge on any atom is -0.490 e. The zero-order chi connectivity index (χ0) is 20.9. The molecule has 2 aromatic rings. The first-order valence-electron chi connectivity index (χ1n) is 11.2. The lowest BCUT2D eigenvalue weighted by molar-refractivity contribution is 0.291. The number of rotatable bonds is 14. The Morgan fingerprint density at radius 2 is 1.72 bits per heavy atom. The highest BCUT2D eigenvalue weighted by atomic mass is 19.1. The molecule has 0 aliphatic rings. The monoisotopic (exact) mass is 402 g/mol. The number of aryl methyl sites for hydroxylation is 1. The van der Waals surface area contributed by atoms with Crippen LogP contribution in [0.25, 0.3) is 10.8 Å². The molecule has 2 rings (SSSR count). The van der Waals surface area contributed by atoms with Crippen molar-refractivity contribution in [1.29, 1.82) is 0 Å². The summed E-state index contributed by atoms with van der Waals surface area (Å²) in [6.07, 6.45) is 16.4. The summed E-state index contributed by atoms with van der Waals surface area (Å²) in [6, 6.07) is 5.09. The van der Waals surface area contributed by atoms with E-state index in [-0.39, 0.29) is 11.1 Å².